The lowest BCUT2D eigenvalue weighted by Crippen LogP contribution is -2.28. The van der Waals surface area contributed by atoms with Gasteiger partial charge in [0.15, 0.2) is 0 Å². The van der Waals surface area contributed by atoms with Crippen LogP contribution in [0.4, 0.5) is 9.80 Å². The molecular formula is C18H17N5O3S. The van der Waals surface area contributed by atoms with Crippen LogP contribution in [0.1, 0.15) is 21.5 Å². The van der Waals surface area contributed by atoms with Crippen LogP contribution in [0.25, 0.3) is 0 Å². The molecule has 9 heteroatoms. The van der Waals surface area contributed by atoms with Crippen LogP contribution in [-0.2, 0) is 13.2 Å². The van der Waals surface area contributed by atoms with E-state index in [2.05, 4.69) is 20.0 Å². The first-order chi connectivity index (χ1) is 13.1. The average Bonchev–Trinajstić information content (AvgIpc) is 3.09. The van der Waals surface area contributed by atoms with Crippen LogP contribution >= 0.6 is 11.5 Å². The number of nitrogens with zero attached hydrogens (tertiary/aromatic N) is 2. The van der Waals surface area contributed by atoms with E-state index in [1.807, 2.05) is 36.4 Å². The van der Waals surface area contributed by atoms with Crippen LogP contribution in [-0.4, -0.2) is 21.3 Å². The zero-order valence-corrected chi connectivity index (χ0v) is 15.0. The van der Waals surface area contributed by atoms with Crippen molar-refractivity contribution in [3.63, 3.8) is 0 Å². The summed E-state index contributed by atoms with van der Waals surface area (Å²) in [6.07, 6.45) is 3.30. The number of benzene rings is 1. The highest BCUT2D eigenvalue weighted by Gasteiger charge is 2.22. The van der Waals surface area contributed by atoms with Gasteiger partial charge >= 0.3 is 6.03 Å². The maximum atomic E-state index is 12.1. The van der Waals surface area contributed by atoms with Crippen molar-refractivity contribution in [2.45, 2.75) is 13.2 Å². The summed E-state index contributed by atoms with van der Waals surface area (Å²) in [6.45, 7) is 0.527. The van der Waals surface area contributed by atoms with Gasteiger partial charge in [-0.25, -0.2) is 4.79 Å². The molecular weight excluding hydrogens is 366 g/mol. The van der Waals surface area contributed by atoms with Crippen LogP contribution in [0.3, 0.4) is 0 Å². The fourth-order valence-electron chi connectivity index (χ4n) is 2.24. The van der Waals surface area contributed by atoms with Crippen molar-refractivity contribution in [2.24, 2.45) is 5.73 Å². The molecule has 2 aromatic heterocycles. The van der Waals surface area contributed by atoms with Gasteiger partial charge in [-0.1, -0.05) is 36.4 Å². The molecule has 0 saturated heterocycles. The van der Waals surface area contributed by atoms with Crippen molar-refractivity contribution in [3.8, 4) is 5.88 Å². The number of carbonyl (C=O) groups is 2. The van der Waals surface area contributed by atoms with Crippen molar-refractivity contribution in [2.75, 3.05) is 5.32 Å². The molecule has 0 aliphatic rings. The summed E-state index contributed by atoms with van der Waals surface area (Å²) in [5.41, 5.74) is 7.24. The van der Waals surface area contributed by atoms with Gasteiger partial charge in [0.05, 0.1) is 0 Å². The second-order valence-electron chi connectivity index (χ2n) is 5.50. The lowest BCUT2D eigenvalue weighted by atomic mass is 10.2. The zero-order chi connectivity index (χ0) is 19.1. The highest BCUT2D eigenvalue weighted by molar-refractivity contribution is 7.11. The topological polar surface area (TPSA) is 119 Å². The predicted octanol–water partition coefficient (Wildman–Crippen LogP) is 2.54. The summed E-state index contributed by atoms with van der Waals surface area (Å²) in [7, 11) is 0. The lowest BCUT2D eigenvalue weighted by Gasteiger charge is -2.08. The number of amides is 3. The number of nitrogens with one attached hydrogen (secondary N) is 2. The number of hydrogen-bond donors (Lipinski definition) is 3. The molecule has 2 heterocycles. The van der Waals surface area contributed by atoms with Gasteiger partial charge in [-0.15, -0.1) is 0 Å². The number of ether oxygens (including phenoxy) is 1. The molecule has 0 saturated carbocycles. The van der Waals surface area contributed by atoms with Crippen LogP contribution in [0.5, 0.6) is 5.88 Å². The first-order valence-electron chi connectivity index (χ1n) is 8.03. The minimum Gasteiger partial charge on any atom is -0.472 e. The second kappa shape index (κ2) is 8.77. The van der Waals surface area contributed by atoms with Crippen LogP contribution < -0.4 is 21.1 Å². The van der Waals surface area contributed by atoms with Crippen molar-refractivity contribution in [1.29, 1.82) is 0 Å². The Morgan fingerprint density at radius 1 is 1.11 bits per heavy atom. The van der Waals surface area contributed by atoms with Crippen molar-refractivity contribution in [3.05, 3.63) is 71.5 Å². The predicted molar refractivity (Wildman–Crippen MR) is 102 cm³/mol. The number of carbonyl (C=O) groups excluding carboxylic acids is 2. The standard InChI is InChI=1S/C18H17N5O3S/c19-15(24)14-16(26-11-13-7-4-8-20-9-13)23-27-17(14)22-18(25)21-10-12-5-2-1-3-6-12/h1-9H,10-11H2,(H2,19,24)(H2,21,22,25). The minimum absolute atomic E-state index is 0.0405. The van der Waals surface area contributed by atoms with Crippen LogP contribution in [0.15, 0.2) is 54.9 Å². The van der Waals surface area contributed by atoms with E-state index in [1.54, 1.807) is 18.5 Å². The molecule has 4 N–H and O–H groups in total. The van der Waals surface area contributed by atoms with Crippen LogP contribution in [0, 0.1) is 0 Å². The Hall–Kier alpha value is -3.46. The number of nitrogens with two attached hydrogens (primary N) is 1. The molecule has 0 fully saturated rings. The van der Waals surface area contributed by atoms with Gasteiger partial charge in [-0.3, -0.25) is 15.1 Å². The second-order valence-corrected chi connectivity index (χ2v) is 6.27. The molecule has 0 spiro atoms. The number of anilines is 1. The van der Waals surface area contributed by atoms with Gasteiger partial charge in [0.2, 0.25) is 5.88 Å². The van der Waals surface area contributed by atoms with E-state index < -0.39 is 11.9 Å². The molecule has 0 atom stereocenters. The fourth-order valence-corrected chi connectivity index (χ4v) is 2.97. The number of rotatable bonds is 7. The van der Waals surface area contributed by atoms with Crippen molar-refractivity contribution < 1.29 is 14.3 Å². The number of primary amides is 1. The van der Waals surface area contributed by atoms with Gasteiger partial charge in [0.1, 0.15) is 17.2 Å². The minimum atomic E-state index is -0.733. The van der Waals surface area contributed by atoms with E-state index >= 15 is 0 Å². The molecule has 138 valence electrons. The number of hydrogen-bond acceptors (Lipinski definition) is 6. The molecule has 3 rings (SSSR count). The SMILES string of the molecule is NC(=O)c1c(OCc2cccnc2)nsc1NC(=O)NCc1ccccc1. The summed E-state index contributed by atoms with van der Waals surface area (Å²) < 4.78 is 9.64. The molecule has 0 bridgehead atoms. The zero-order valence-electron chi connectivity index (χ0n) is 14.2. The van der Waals surface area contributed by atoms with E-state index in [9.17, 15) is 9.59 Å². The third-order valence-electron chi connectivity index (χ3n) is 3.53. The average molecular weight is 383 g/mol. The monoisotopic (exact) mass is 383 g/mol. The summed E-state index contributed by atoms with van der Waals surface area (Å²) in [5.74, 6) is -0.655. The molecule has 3 aromatic rings. The third-order valence-corrected chi connectivity index (χ3v) is 4.27. The van der Waals surface area contributed by atoms with E-state index in [-0.39, 0.29) is 23.1 Å². The maximum absolute atomic E-state index is 12.1. The summed E-state index contributed by atoms with van der Waals surface area (Å²) in [4.78, 5) is 27.9. The molecule has 0 aliphatic carbocycles. The highest BCUT2D eigenvalue weighted by Crippen LogP contribution is 2.30. The Bertz CT molecular complexity index is 915. The molecule has 8 nitrogen and oxygen atoms in total. The highest BCUT2D eigenvalue weighted by atomic mass is 32.1. The first kappa shape index (κ1) is 18.3. The largest absolute Gasteiger partial charge is 0.472 e. The van der Waals surface area contributed by atoms with E-state index in [1.165, 1.54) is 0 Å². The van der Waals surface area contributed by atoms with E-state index in [4.69, 9.17) is 10.5 Å². The molecule has 27 heavy (non-hydrogen) atoms. The Kier molecular flexibility index (Phi) is 5.95. The fraction of sp³-hybridized carbons (Fsp3) is 0.111. The molecule has 0 radical (unpaired) electrons. The third kappa shape index (κ3) is 5.02. The summed E-state index contributed by atoms with van der Waals surface area (Å²) in [5, 5.41) is 5.53. The smallest absolute Gasteiger partial charge is 0.320 e. The first-order valence-corrected chi connectivity index (χ1v) is 8.81. The quantitative estimate of drug-likeness (QED) is 0.579. The molecule has 0 unspecified atom stereocenters. The van der Waals surface area contributed by atoms with Gasteiger partial charge in [-0.05, 0) is 23.2 Å². The maximum Gasteiger partial charge on any atom is 0.320 e. The molecule has 0 aliphatic heterocycles. The normalized spacial score (nSPS) is 10.2. The molecule has 1 aromatic carbocycles. The Morgan fingerprint density at radius 3 is 2.59 bits per heavy atom. The van der Waals surface area contributed by atoms with Gasteiger partial charge in [0, 0.05) is 24.5 Å². The van der Waals surface area contributed by atoms with E-state index in [0.29, 0.717) is 6.54 Å². The Labute approximate surface area is 159 Å². The van der Waals surface area contributed by atoms with Crippen molar-refractivity contribution >= 4 is 28.5 Å². The van der Waals surface area contributed by atoms with E-state index in [0.717, 1.165) is 22.7 Å². The lowest BCUT2D eigenvalue weighted by molar-refractivity contribution is 0.0996. The number of urea groups is 1. The molecule has 3 amide bonds. The number of aromatic nitrogens is 2. The summed E-state index contributed by atoms with van der Waals surface area (Å²) >= 11 is 0.926. The summed E-state index contributed by atoms with van der Waals surface area (Å²) in [6, 6.07) is 12.6. The Morgan fingerprint density at radius 2 is 1.89 bits per heavy atom. The van der Waals surface area contributed by atoms with Crippen molar-refractivity contribution in [1.82, 2.24) is 14.7 Å². The van der Waals surface area contributed by atoms with Gasteiger partial charge < -0.3 is 15.8 Å². The Balaban J connectivity index is 1.63. The van der Waals surface area contributed by atoms with Crippen LogP contribution in [0.2, 0.25) is 0 Å². The van der Waals surface area contributed by atoms with Gasteiger partial charge in [0.25, 0.3) is 5.91 Å². The number of pyridine rings is 1. The van der Waals surface area contributed by atoms with Gasteiger partial charge in [-0.2, -0.15) is 4.37 Å².